The van der Waals surface area contributed by atoms with E-state index in [-0.39, 0.29) is 6.54 Å². The zero-order chi connectivity index (χ0) is 13.3. The third kappa shape index (κ3) is 2.69. The molecule has 0 saturated carbocycles. The van der Waals surface area contributed by atoms with E-state index >= 15 is 0 Å². The largest absolute Gasteiger partial charge is 0.309 e. The van der Waals surface area contributed by atoms with Crippen LogP contribution in [0.1, 0.15) is 16.0 Å². The molecule has 5 nitrogen and oxygen atoms in total. The summed E-state index contributed by atoms with van der Waals surface area (Å²) in [6, 6.07) is 5.27. The van der Waals surface area contributed by atoms with Crippen molar-refractivity contribution in [1.29, 1.82) is 0 Å². The Morgan fingerprint density at radius 2 is 2.16 bits per heavy atom. The van der Waals surface area contributed by atoms with Crippen molar-refractivity contribution in [2.75, 3.05) is 0 Å². The van der Waals surface area contributed by atoms with Crippen molar-refractivity contribution in [3.8, 4) is 0 Å². The number of nitrogens with zero attached hydrogens (tertiary/aromatic N) is 1. The van der Waals surface area contributed by atoms with Crippen molar-refractivity contribution >= 4 is 21.4 Å². The number of rotatable bonds is 4. The lowest BCUT2D eigenvalue weighted by atomic mass is 10.1. The van der Waals surface area contributed by atoms with Gasteiger partial charge in [-0.05, 0) is 23.3 Å². The van der Waals surface area contributed by atoms with Crippen LogP contribution in [0.2, 0.25) is 0 Å². The van der Waals surface area contributed by atoms with Crippen LogP contribution in [0.4, 0.5) is 0 Å². The molecule has 7 heteroatoms. The van der Waals surface area contributed by atoms with E-state index in [1.165, 1.54) is 16.9 Å². The molecule has 0 bridgehead atoms. The van der Waals surface area contributed by atoms with Gasteiger partial charge >= 0.3 is 0 Å². The summed E-state index contributed by atoms with van der Waals surface area (Å²) in [5.74, 6) is 0. The number of benzene rings is 1. The van der Waals surface area contributed by atoms with Crippen molar-refractivity contribution in [3.05, 3.63) is 45.9 Å². The van der Waals surface area contributed by atoms with Crippen molar-refractivity contribution in [3.63, 3.8) is 0 Å². The molecular weight excluding hydrogens is 282 g/mol. The van der Waals surface area contributed by atoms with Gasteiger partial charge in [-0.25, -0.2) is 13.1 Å². The van der Waals surface area contributed by atoms with Gasteiger partial charge < -0.3 is 5.32 Å². The molecule has 1 aliphatic heterocycles. The lowest BCUT2D eigenvalue weighted by Crippen LogP contribution is -2.23. The van der Waals surface area contributed by atoms with E-state index in [0.29, 0.717) is 4.90 Å². The van der Waals surface area contributed by atoms with Crippen molar-refractivity contribution in [2.45, 2.75) is 24.5 Å². The van der Waals surface area contributed by atoms with Crippen LogP contribution in [-0.4, -0.2) is 13.4 Å². The molecule has 100 valence electrons. The van der Waals surface area contributed by atoms with Gasteiger partial charge in [0.15, 0.2) is 0 Å². The number of thiazole rings is 1. The van der Waals surface area contributed by atoms with Crippen molar-refractivity contribution in [2.24, 2.45) is 0 Å². The topological polar surface area (TPSA) is 71.1 Å². The number of fused-ring (bicyclic) bond motifs is 1. The SMILES string of the molecule is O=S(=O)(NCc1cncs1)c1ccc2c(c1)CNC2. The second-order valence-corrected chi connectivity index (χ2v) is 7.06. The first-order valence-corrected chi connectivity index (χ1v) is 8.21. The van der Waals surface area contributed by atoms with Gasteiger partial charge in [0.2, 0.25) is 10.0 Å². The van der Waals surface area contributed by atoms with E-state index in [0.717, 1.165) is 23.5 Å². The van der Waals surface area contributed by atoms with Crippen LogP contribution in [0.3, 0.4) is 0 Å². The van der Waals surface area contributed by atoms with Gasteiger partial charge in [0.25, 0.3) is 0 Å². The quantitative estimate of drug-likeness (QED) is 0.890. The van der Waals surface area contributed by atoms with Gasteiger partial charge in [-0.1, -0.05) is 6.07 Å². The summed E-state index contributed by atoms with van der Waals surface area (Å²) in [6.45, 7) is 1.82. The average molecular weight is 295 g/mol. The molecule has 0 atom stereocenters. The molecule has 19 heavy (non-hydrogen) atoms. The fourth-order valence-corrected chi connectivity index (χ4v) is 3.70. The van der Waals surface area contributed by atoms with Crippen LogP contribution in [0.25, 0.3) is 0 Å². The van der Waals surface area contributed by atoms with Gasteiger partial charge in [0.1, 0.15) is 0 Å². The fourth-order valence-electron chi connectivity index (χ4n) is 2.02. The minimum atomic E-state index is -3.46. The molecule has 1 aromatic carbocycles. The Bertz CT molecular complexity index is 681. The first-order valence-electron chi connectivity index (χ1n) is 5.85. The minimum absolute atomic E-state index is 0.280. The molecule has 0 fully saturated rings. The maximum absolute atomic E-state index is 12.2. The summed E-state index contributed by atoms with van der Waals surface area (Å²) in [5, 5.41) is 3.20. The number of hydrogen-bond acceptors (Lipinski definition) is 5. The van der Waals surface area contributed by atoms with Crippen molar-refractivity contribution in [1.82, 2.24) is 15.0 Å². The van der Waals surface area contributed by atoms with Gasteiger partial charge in [0.05, 0.1) is 10.4 Å². The first kappa shape index (κ1) is 12.7. The Hall–Kier alpha value is -1.28. The second kappa shape index (κ2) is 5.01. The Kier molecular flexibility index (Phi) is 3.36. The van der Waals surface area contributed by atoms with E-state index in [1.807, 2.05) is 6.07 Å². The van der Waals surface area contributed by atoms with Crippen molar-refractivity contribution < 1.29 is 8.42 Å². The molecule has 1 aliphatic rings. The summed E-state index contributed by atoms with van der Waals surface area (Å²) in [7, 11) is -3.46. The highest BCUT2D eigenvalue weighted by Crippen LogP contribution is 2.20. The molecule has 2 N–H and O–H groups in total. The Morgan fingerprint density at radius 1 is 1.32 bits per heavy atom. The molecule has 0 radical (unpaired) electrons. The Labute approximate surface area is 115 Å². The predicted molar refractivity (Wildman–Crippen MR) is 73.1 cm³/mol. The molecule has 2 aromatic rings. The summed E-state index contributed by atoms with van der Waals surface area (Å²) >= 11 is 1.43. The number of sulfonamides is 1. The molecule has 1 aromatic heterocycles. The maximum atomic E-state index is 12.2. The van der Waals surface area contributed by atoms with Gasteiger partial charge in [-0.2, -0.15) is 0 Å². The third-order valence-corrected chi connectivity index (χ3v) is 5.22. The Morgan fingerprint density at radius 3 is 2.95 bits per heavy atom. The normalized spacial score (nSPS) is 14.5. The molecular formula is C12H13N3O2S2. The molecule has 0 saturated heterocycles. The monoisotopic (exact) mass is 295 g/mol. The summed E-state index contributed by atoms with van der Waals surface area (Å²) < 4.78 is 27.0. The molecule has 0 amide bonds. The van der Waals surface area contributed by atoms with Crippen LogP contribution in [0.15, 0.2) is 34.8 Å². The van der Waals surface area contributed by atoms with E-state index in [1.54, 1.807) is 23.8 Å². The highest BCUT2D eigenvalue weighted by atomic mass is 32.2. The Balaban J connectivity index is 1.80. The third-order valence-electron chi connectivity index (χ3n) is 3.04. The minimum Gasteiger partial charge on any atom is -0.309 e. The van der Waals surface area contributed by atoms with E-state index in [2.05, 4.69) is 15.0 Å². The molecule has 0 unspecified atom stereocenters. The van der Waals surface area contributed by atoms with Crippen LogP contribution in [0.5, 0.6) is 0 Å². The predicted octanol–water partition coefficient (Wildman–Crippen LogP) is 1.22. The zero-order valence-electron chi connectivity index (χ0n) is 10.1. The van der Waals surface area contributed by atoms with Crippen LogP contribution < -0.4 is 10.0 Å². The second-order valence-electron chi connectivity index (χ2n) is 4.33. The van der Waals surface area contributed by atoms with Gasteiger partial charge in [-0.3, -0.25) is 4.98 Å². The number of nitrogens with one attached hydrogen (secondary N) is 2. The molecule has 3 rings (SSSR count). The standard InChI is InChI=1S/C12H13N3O2S2/c16-19(17,15-7-11-6-14-8-18-11)12-2-1-9-4-13-5-10(9)3-12/h1-3,6,8,13,15H,4-5,7H2. The summed E-state index contributed by atoms with van der Waals surface area (Å²) in [6.07, 6.45) is 1.67. The average Bonchev–Trinajstić information content (AvgIpc) is 3.06. The van der Waals surface area contributed by atoms with Crippen LogP contribution >= 0.6 is 11.3 Å². The van der Waals surface area contributed by atoms with Crippen LogP contribution in [0, 0.1) is 0 Å². The van der Waals surface area contributed by atoms with E-state index < -0.39 is 10.0 Å². The molecule has 0 spiro atoms. The smallest absolute Gasteiger partial charge is 0.240 e. The molecule has 2 heterocycles. The first-order chi connectivity index (χ1) is 9.15. The van der Waals surface area contributed by atoms with E-state index in [4.69, 9.17) is 0 Å². The lowest BCUT2D eigenvalue weighted by Gasteiger charge is -2.07. The number of hydrogen-bond donors (Lipinski definition) is 2. The van der Waals surface area contributed by atoms with Crippen LogP contribution in [-0.2, 0) is 29.7 Å². The summed E-state index contributed by atoms with van der Waals surface area (Å²) in [5.41, 5.74) is 3.91. The highest BCUT2D eigenvalue weighted by molar-refractivity contribution is 7.89. The van der Waals surface area contributed by atoms with E-state index in [9.17, 15) is 8.42 Å². The van der Waals surface area contributed by atoms with Gasteiger partial charge in [-0.15, -0.1) is 11.3 Å². The molecule has 0 aliphatic carbocycles. The van der Waals surface area contributed by atoms with Gasteiger partial charge in [0, 0.05) is 30.7 Å². The highest BCUT2D eigenvalue weighted by Gasteiger charge is 2.18. The summed E-state index contributed by atoms with van der Waals surface area (Å²) in [4.78, 5) is 5.13. The number of aromatic nitrogens is 1. The lowest BCUT2D eigenvalue weighted by molar-refractivity contribution is 0.581. The zero-order valence-corrected chi connectivity index (χ0v) is 11.7. The maximum Gasteiger partial charge on any atom is 0.240 e. The fraction of sp³-hybridized carbons (Fsp3) is 0.250.